The first-order valence-corrected chi connectivity index (χ1v) is 9.92. The third-order valence-electron chi connectivity index (χ3n) is 6.17. The number of halogens is 3. The quantitative estimate of drug-likeness (QED) is 0.633. The van der Waals surface area contributed by atoms with Crippen molar-refractivity contribution in [1.29, 1.82) is 0 Å². The van der Waals surface area contributed by atoms with Crippen molar-refractivity contribution in [3.63, 3.8) is 0 Å². The van der Waals surface area contributed by atoms with E-state index in [9.17, 15) is 13.2 Å². The number of aromatic nitrogens is 4. The maximum atomic E-state index is 13.3. The lowest BCUT2D eigenvalue weighted by atomic mass is 9.89. The van der Waals surface area contributed by atoms with Crippen molar-refractivity contribution in [3.05, 3.63) is 45.6 Å². The molecular formula is C20H24F3N5S. The molecule has 0 bridgehead atoms. The third kappa shape index (κ3) is 3.40. The van der Waals surface area contributed by atoms with Crippen LogP contribution >= 0.6 is 12.2 Å². The van der Waals surface area contributed by atoms with E-state index < -0.39 is 11.7 Å². The molecule has 0 unspecified atom stereocenters. The lowest BCUT2D eigenvalue weighted by Gasteiger charge is -2.40. The minimum Gasteiger partial charge on any atom is -0.344 e. The SMILES string of the molecule is CN1Cc2c(n(CCc3n[nH]c(=S)n3C)c3ccc(C(F)(F)F)cc23)CC1(C)C. The van der Waals surface area contributed by atoms with Crippen LogP contribution in [0.1, 0.15) is 36.5 Å². The molecule has 1 N–H and O–H groups in total. The summed E-state index contributed by atoms with van der Waals surface area (Å²) >= 11 is 5.18. The van der Waals surface area contributed by atoms with Gasteiger partial charge in [0.15, 0.2) is 4.77 Å². The fourth-order valence-electron chi connectivity index (χ4n) is 4.10. The number of likely N-dealkylation sites (N-methyl/N-ethyl adjacent to an activating group) is 1. The van der Waals surface area contributed by atoms with Gasteiger partial charge in [0.05, 0.1) is 5.56 Å². The normalized spacial score (nSPS) is 17.1. The molecule has 1 aliphatic rings. The van der Waals surface area contributed by atoms with Gasteiger partial charge in [0.25, 0.3) is 0 Å². The fraction of sp³-hybridized carbons (Fsp3) is 0.500. The number of aromatic amines is 1. The summed E-state index contributed by atoms with van der Waals surface area (Å²) in [5.74, 6) is 0.824. The van der Waals surface area contributed by atoms with E-state index in [1.54, 1.807) is 6.07 Å². The van der Waals surface area contributed by atoms with Crippen molar-refractivity contribution in [2.45, 2.75) is 51.5 Å². The summed E-state index contributed by atoms with van der Waals surface area (Å²) in [6.07, 6.45) is -2.95. The Morgan fingerprint density at radius 1 is 1.24 bits per heavy atom. The van der Waals surface area contributed by atoms with Crippen LogP contribution in [0.4, 0.5) is 13.2 Å². The van der Waals surface area contributed by atoms with Crippen LogP contribution in [0.25, 0.3) is 10.9 Å². The van der Waals surface area contributed by atoms with E-state index in [0.717, 1.165) is 29.0 Å². The highest BCUT2D eigenvalue weighted by Gasteiger charge is 2.36. The number of aryl methyl sites for hydroxylation is 2. The molecule has 3 heterocycles. The van der Waals surface area contributed by atoms with Gasteiger partial charge in [-0.25, -0.2) is 0 Å². The number of fused-ring (bicyclic) bond motifs is 3. The van der Waals surface area contributed by atoms with Crippen LogP contribution in [-0.2, 0) is 39.2 Å². The zero-order chi connectivity index (χ0) is 21.1. The van der Waals surface area contributed by atoms with E-state index in [4.69, 9.17) is 12.2 Å². The first-order valence-electron chi connectivity index (χ1n) is 9.52. The Labute approximate surface area is 172 Å². The Morgan fingerprint density at radius 3 is 2.59 bits per heavy atom. The van der Waals surface area contributed by atoms with Crippen LogP contribution < -0.4 is 0 Å². The number of nitrogens with one attached hydrogen (secondary N) is 1. The number of hydrogen-bond acceptors (Lipinski definition) is 3. The molecule has 0 amide bonds. The lowest BCUT2D eigenvalue weighted by Crippen LogP contribution is -2.46. The van der Waals surface area contributed by atoms with Crippen molar-refractivity contribution < 1.29 is 13.2 Å². The van der Waals surface area contributed by atoms with Crippen molar-refractivity contribution >= 4 is 23.1 Å². The first kappa shape index (κ1) is 20.2. The van der Waals surface area contributed by atoms with Gasteiger partial charge in [0.2, 0.25) is 0 Å². The Kier molecular flexibility index (Phi) is 4.66. The maximum absolute atomic E-state index is 13.3. The molecule has 3 aromatic rings. The molecule has 0 spiro atoms. The first-order chi connectivity index (χ1) is 13.5. The summed E-state index contributed by atoms with van der Waals surface area (Å²) in [6.45, 7) is 5.58. The van der Waals surface area contributed by atoms with Crippen molar-refractivity contribution in [3.8, 4) is 0 Å². The van der Waals surface area contributed by atoms with Crippen LogP contribution in [0.5, 0.6) is 0 Å². The van der Waals surface area contributed by atoms with E-state index in [-0.39, 0.29) is 5.54 Å². The summed E-state index contributed by atoms with van der Waals surface area (Å²) in [6, 6.07) is 4.08. The predicted molar refractivity (Wildman–Crippen MR) is 108 cm³/mol. The van der Waals surface area contributed by atoms with Gasteiger partial charge in [-0.15, -0.1) is 0 Å². The largest absolute Gasteiger partial charge is 0.416 e. The standard InChI is InChI=1S/C20H24F3N5S/c1-19(2)10-16-14(11-26(19)3)13-9-12(20(21,22)23)5-6-15(13)28(16)8-7-17-24-25-18(29)27(17)4/h5-6,9H,7-8,10-11H2,1-4H3,(H,25,29). The minimum absolute atomic E-state index is 0.0726. The molecule has 0 fully saturated rings. The van der Waals surface area contributed by atoms with Crippen molar-refractivity contribution in [2.75, 3.05) is 7.05 Å². The molecule has 0 aliphatic carbocycles. The minimum atomic E-state index is -4.36. The summed E-state index contributed by atoms with van der Waals surface area (Å²) in [7, 11) is 3.88. The highest BCUT2D eigenvalue weighted by molar-refractivity contribution is 7.71. The topological polar surface area (TPSA) is 41.8 Å². The Bertz CT molecular complexity index is 1140. The van der Waals surface area contributed by atoms with Gasteiger partial charge in [-0.05, 0) is 56.9 Å². The number of alkyl halides is 3. The Morgan fingerprint density at radius 2 is 1.97 bits per heavy atom. The second-order valence-corrected chi connectivity index (χ2v) is 8.79. The van der Waals surface area contributed by atoms with Crippen molar-refractivity contribution in [1.82, 2.24) is 24.2 Å². The summed E-state index contributed by atoms with van der Waals surface area (Å²) in [5.41, 5.74) is 2.26. The lowest BCUT2D eigenvalue weighted by molar-refractivity contribution is -0.137. The Hall–Kier alpha value is -2.13. The van der Waals surface area contributed by atoms with E-state index in [0.29, 0.717) is 29.7 Å². The van der Waals surface area contributed by atoms with Gasteiger partial charge in [0, 0.05) is 55.1 Å². The highest BCUT2D eigenvalue weighted by atomic mass is 32.1. The molecule has 0 saturated heterocycles. The molecule has 0 saturated carbocycles. The molecule has 29 heavy (non-hydrogen) atoms. The second kappa shape index (κ2) is 6.70. The van der Waals surface area contributed by atoms with Crippen LogP contribution in [-0.4, -0.2) is 36.8 Å². The fourth-order valence-corrected chi connectivity index (χ4v) is 4.25. The van der Waals surface area contributed by atoms with Gasteiger partial charge >= 0.3 is 6.18 Å². The van der Waals surface area contributed by atoms with E-state index in [2.05, 4.69) is 33.5 Å². The van der Waals surface area contributed by atoms with Gasteiger partial charge in [0.1, 0.15) is 5.82 Å². The van der Waals surface area contributed by atoms with Gasteiger partial charge in [-0.2, -0.15) is 18.3 Å². The monoisotopic (exact) mass is 423 g/mol. The summed E-state index contributed by atoms with van der Waals surface area (Å²) < 4.78 is 44.5. The smallest absolute Gasteiger partial charge is 0.344 e. The van der Waals surface area contributed by atoms with Crippen LogP contribution in [0.15, 0.2) is 18.2 Å². The number of H-pyrrole nitrogens is 1. The van der Waals surface area contributed by atoms with Gasteiger partial charge in [-0.3, -0.25) is 10.00 Å². The van der Waals surface area contributed by atoms with E-state index >= 15 is 0 Å². The van der Waals surface area contributed by atoms with E-state index in [1.807, 2.05) is 18.7 Å². The zero-order valence-corrected chi connectivity index (χ0v) is 17.7. The number of rotatable bonds is 3. The molecule has 156 valence electrons. The number of hydrogen-bond donors (Lipinski definition) is 1. The third-order valence-corrected chi connectivity index (χ3v) is 6.54. The molecule has 4 rings (SSSR count). The summed E-state index contributed by atoms with van der Waals surface area (Å²) in [5, 5.41) is 7.74. The number of benzene rings is 1. The van der Waals surface area contributed by atoms with Crippen molar-refractivity contribution in [2.24, 2.45) is 7.05 Å². The Balaban J connectivity index is 1.84. The van der Waals surface area contributed by atoms with Gasteiger partial charge < -0.3 is 9.13 Å². The molecule has 5 nitrogen and oxygen atoms in total. The number of nitrogens with zero attached hydrogens (tertiary/aromatic N) is 4. The molecule has 1 aliphatic heterocycles. The van der Waals surface area contributed by atoms with Crippen LogP contribution in [0.3, 0.4) is 0 Å². The molecule has 9 heteroatoms. The molecule has 1 aromatic carbocycles. The predicted octanol–water partition coefficient (Wildman–Crippen LogP) is 4.46. The van der Waals surface area contributed by atoms with E-state index in [1.165, 1.54) is 12.1 Å². The molecule has 0 atom stereocenters. The zero-order valence-electron chi connectivity index (χ0n) is 16.9. The summed E-state index contributed by atoms with van der Waals surface area (Å²) in [4.78, 5) is 2.20. The van der Waals surface area contributed by atoms with Crippen LogP contribution in [0, 0.1) is 4.77 Å². The highest BCUT2D eigenvalue weighted by Crippen LogP contribution is 2.39. The second-order valence-electron chi connectivity index (χ2n) is 8.41. The van der Waals surface area contributed by atoms with Gasteiger partial charge in [-0.1, -0.05) is 0 Å². The average Bonchev–Trinajstić information content (AvgIpc) is 3.10. The molecular weight excluding hydrogens is 399 g/mol. The van der Waals surface area contributed by atoms with Crippen LogP contribution in [0.2, 0.25) is 0 Å². The maximum Gasteiger partial charge on any atom is 0.416 e. The average molecular weight is 424 g/mol. The molecule has 2 aromatic heterocycles. The molecule has 0 radical (unpaired) electrons.